The van der Waals surface area contributed by atoms with Crippen LogP contribution in [-0.2, 0) is 10.2 Å². The number of aliphatic carboxylic acids is 1. The fourth-order valence-corrected chi connectivity index (χ4v) is 4.23. The number of carbonyl (C=O) groups is 1. The normalized spacial score (nSPS) is 11.3. The zero-order valence-electron chi connectivity index (χ0n) is 19.6. The second-order valence-electron chi connectivity index (χ2n) is 7.97. The number of ether oxygens (including phenoxy) is 3. The van der Waals surface area contributed by atoms with E-state index in [4.69, 9.17) is 14.2 Å². The first kappa shape index (κ1) is 24.1. The Morgan fingerprint density at radius 2 is 1.06 bits per heavy atom. The van der Waals surface area contributed by atoms with Gasteiger partial charge >= 0.3 is 5.97 Å². The van der Waals surface area contributed by atoms with Gasteiger partial charge in [-0.15, -0.1) is 0 Å². The molecule has 0 heterocycles. The number of hydrogen-bond donors (Lipinski definition) is 1. The van der Waals surface area contributed by atoms with Gasteiger partial charge in [0.25, 0.3) is 0 Å². The van der Waals surface area contributed by atoms with Crippen LogP contribution in [0.3, 0.4) is 0 Å². The van der Waals surface area contributed by atoms with Crippen LogP contribution in [0.2, 0.25) is 0 Å². The molecule has 0 aliphatic carbocycles. The van der Waals surface area contributed by atoms with Crippen LogP contribution in [0, 0.1) is 0 Å². The summed E-state index contributed by atoms with van der Waals surface area (Å²) in [6, 6.07) is 24.2. The zero-order valence-corrected chi connectivity index (χ0v) is 19.6. The molecule has 3 aromatic rings. The molecule has 3 aromatic carbocycles. The molecule has 6 nitrogen and oxygen atoms in total. The van der Waals surface area contributed by atoms with Crippen LogP contribution in [0.4, 0.5) is 0 Å². The number of likely N-dealkylation sites (N-methyl/N-ethyl adjacent to an activating group) is 1. The molecule has 0 aliphatic heterocycles. The largest absolute Gasteiger partial charge is 0.497 e. The maximum absolute atomic E-state index is 11.3. The van der Waals surface area contributed by atoms with Gasteiger partial charge in [-0.2, -0.15) is 0 Å². The van der Waals surface area contributed by atoms with Crippen molar-refractivity contribution in [2.45, 2.75) is 11.8 Å². The number of carboxylic acids is 1. The van der Waals surface area contributed by atoms with Crippen LogP contribution in [0.1, 0.15) is 23.1 Å². The van der Waals surface area contributed by atoms with Crippen molar-refractivity contribution < 1.29 is 24.1 Å². The van der Waals surface area contributed by atoms with Gasteiger partial charge in [0.2, 0.25) is 0 Å². The molecule has 0 unspecified atom stereocenters. The summed E-state index contributed by atoms with van der Waals surface area (Å²) in [5.74, 6) is 1.49. The lowest BCUT2D eigenvalue weighted by Crippen LogP contribution is -2.36. The van der Waals surface area contributed by atoms with Crippen LogP contribution in [0.15, 0.2) is 72.8 Å². The molecule has 0 bridgehead atoms. The van der Waals surface area contributed by atoms with Gasteiger partial charge in [0.1, 0.15) is 17.2 Å². The Morgan fingerprint density at radius 3 is 1.33 bits per heavy atom. The number of carboxylic acid groups (broad SMARTS) is 1. The van der Waals surface area contributed by atoms with Crippen molar-refractivity contribution in [3.63, 3.8) is 0 Å². The summed E-state index contributed by atoms with van der Waals surface area (Å²) in [6.07, 6.45) is 0.668. The molecule has 33 heavy (non-hydrogen) atoms. The van der Waals surface area contributed by atoms with Gasteiger partial charge < -0.3 is 19.3 Å². The van der Waals surface area contributed by atoms with E-state index < -0.39 is 11.4 Å². The molecule has 0 amide bonds. The zero-order chi connectivity index (χ0) is 23.8. The third-order valence-corrected chi connectivity index (χ3v) is 6.02. The summed E-state index contributed by atoms with van der Waals surface area (Å²) >= 11 is 0. The van der Waals surface area contributed by atoms with E-state index in [0.29, 0.717) is 13.0 Å². The topological polar surface area (TPSA) is 68.2 Å². The first-order chi connectivity index (χ1) is 15.9. The smallest absolute Gasteiger partial charge is 0.317 e. The standard InChI is InChI=1S/C27H31NO5/c1-28(19-26(29)30)18-17-27(20-5-11-23(31-2)12-6-20,21-7-13-24(32-3)14-8-21)22-9-15-25(33-4)16-10-22/h5-16H,17-19H2,1-4H3,(H,29,30). The quantitative estimate of drug-likeness (QED) is 0.436. The monoisotopic (exact) mass is 449 g/mol. The number of rotatable bonds is 11. The van der Waals surface area contributed by atoms with Crippen molar-refractivity contribution in [1.82, 2.24) is 4.90 Å². The predicted octanol–water partition coefficient (Wildman–Crippen LogP) is 4.45. The van der Waals surface area contributed by atoms with Gasteiger partial charge in [-0.05, 0) is 73.1 Å². The van der Waals surface area contributed by atoms with Crippen molar-refractivity contribution in [3.8, 4) is 17.2 Å². The average molecular weight is 450 g/mol. The first-order valence-corrected chi connectivity index (χ1v) is 10.8. The fraction of sp³-hybridized carbons (Fsp3) is 0.296. The van der Waals surface area contributed by atoms with Crippen LogP contribution < -0.4 is 14.2 Å². The van der Waals surface area contributed by atoms with Gasteiger partial charge in [0, 0.05) is 5.41 Å². The Bertz CT molecular complexity index is 914. The maximum Gasteiger partial charge on any atom is 0.317 e. The minimum Gasteiger partial charge on any atom is -0.497 e. The highest BCUT2D eigenvalue weighted by atomic mass is 16.5. The Balaban J connectivity index is 2.19. The number of nitrogens with zero attached hydrogens (tertiary/aromatic N) is 1. The molecule has 0 atom stereocenters. The van der Waals surface area contributed by atoms with Gasteiger partial charge in [0.05, 0.1) is 27.9 Å². The molecule has 0 saturated carbocycles. The maximum atomic E-state index is 11.3. The summed E-state index contributed by atoms with van der Waals surface area (Å²) in [6.45, 7) is 0.556. The van der Waals surface area contributed by atoms with E-state index in [1.807, 2.05) is 48.3 Å². The molecular weight excluding hydrogens is 418 g/mol. The molecule has 1 N–H and O–H groups in total. The van der Waals surface area contributed by atoms with E-state index >= 15 is 0 Å². The molecule has 0 aliphatic rings. The molecule has 174 valence electrons. The van der Waals surface area contributed by atoms with Gasteiger partial charge in [-0.25, -0.2) is 0 Å². The fourth-order valence-electron chi connectivity index (χ4n) is 4.23. The lowest BCUT2D eigenvalue weighted by atomic mass is 9.67. The summed E-state index contributed by atoms with van der Waals surface area (Å²) in [5, 5.41) is 9.25. The van der Waals surface area contributed by atoms with Crippen molar-refractivity contribution in [2.75, 3.05) is 41.5 Å². The van der Waals surface area contributed by atoms with Crippen molar-refractivity contribution in [3.05, 3.63) is 89.5 Å². The molecule has 6 heteroatoms. The Morgan fingerprint density at radius 1 is 0.727 bits per heavy atom. The minimum absolute atomic E-state index is 0.0239. The second kappa shape index (κ2) is 10.9. The molecule has 0 aromatic heterocycles. The number of hydrogen-bond acceptors (Lipinski definition) is 5. The lowest BCUT2D eigenvalue weighted by molar-refractivity contribution is -0.138. The Kier molecular flexibility index (Phi) is 7.96. The highest BCUT2D eigenvalue weighted by Crippen LogP contribution is 2.43. The summed E-state index contributed by atoms with van der Waals surface area (Å²) in [5.41, 5.74) is 2.73. The molecule has 0 saturated heterocycles. The third kappa shape index (κ3) is 5.46. The number of benzene rings is 3. The third-order valence-electron chi connectivity index (χ3n) is 6.02. The molecule has 0 spiro atoms. The summed E-state index contributed by atoms with van der Waals surface area (Å²) in [7, 11) is 6.77. The predicted molar refractivity (Wildman–Crippen MR) is 129 cm³/mol. The van der Waals surface area contributed by atoms with E-state index in [-0.39, 0.29) is 6.54 Å². The van der Waals surface area contributed by atoms with E-state index in [2.05, 4.69) is 36.4 Å². The first-order valence-electron chi connectivity index (χ1n) is 10.8. The highest BCUT2D eigenvalue weighted by molar-refractivity contribution is 5.69. The van der Waals surface area contributed by atoms with Crippen molar-refractivity contribution >= 4 is 5.97 Å². The van der Waals surface area contributed by atoms with Crippen LogP contribution >= 0.6 is 0 Å². The minimum atomic E-state index is -0.846. The van der Waals surface area contributed by atoms with E-state index in [0.717, 1.165) is 33.9 Å². The van der Waals surface area contributed by atoms with Crippen LogP contribution in [-0.4, -0.2) is 57.4 Å². The molecule has 0 radical (unpaired) electrons. The van der Waals surface area contributed by atoms with E-state index in [1.54, 1.807) is 21.3 Å². The summed E-state index contributed by atoms with van der Waals surface area (Å²) in [4.78, 5) is 13.1. The molecular formula is C27H31NO5. The van der Waals surface area contributed by atoms with Gasteiger partial charge in [-0.3, -0.25) is 9.69 Å². The summed E-state index contributed by atoms with van der Waals surface area (Å²) < 4.78 is 16.2. The Labute approximate surface area is 195 Å². The molecule has 3 rings (SSSR count). The average Bonchev–Trinajstić information content (AvgIpc) is 2.85. The van der Waals surface area contributed by atoms with E-state index in [1.165, 1.54) is 0 Å². The van der Waals surface area contributed by atoms with Gasteiger partial charge in [0.15, 0.2) is 0 Å². The highest BCUT2D eigenvalue weighted by Gasteiger charge is 2.36. The van der Waals surface area contributed by atoms with Crippen molar-refractivity contribution in [2.24, 2.45) is 0 Å². The van der Waals surface area contributed by atoms with Crippen molar-refractivity contribution in [1.29, 1.82) is 0 Å². The Hall–Kier alpha value is -3.51. The SMILES string of the molecule is COc1ccc(C(CCN(C)CC(=O)O)(c2ccc(OC)cc2)c2ccc(OC)cc2)cc1. The van der Waals surface area contributed by atoms with Crippen LogP contribution in [0.25, 0.3) is 0 Å². The van der Waals surface area contributed by atoms with Gasteiger partial charge in [-0.1, -0.05) is 36.4 Å². The molecule has 0 fully saturated rings. The van der Waals surface area contributed by atoms with E-state index in [9.17, 15) is 9.90 Å². The second-order valence-corrected chi connectivity index (χ2v) is 7.97. The lowest BCUT2D eigenvalue weighted by Gasteiger charge is -2.37. The van der Waals surface area contributed by atoms with Crippen LogP contribution in [0.5, 0.6) is 17.2 Å². The number of methoxy groups -OCH3 is 3.